The molecule has 0 radical (unpaired) electrons. The molecule has 1 heterocycles. The Balaban J connectivity index is 1.45. The summed E-state index contributed by atoms with van der Waals surface area (Å²) >= 11 is 0. The van der Waals surface area contributed by atoms with Crippen molar-refractivity contribution >= 4 is 21.7 Å². The molecule has 1 aliphatic rings. The SMILES string of the molecule is O=C(Nc1ccccc1)N1CCN(S(=O)(=O)CCCc2ccccc2)CC1. The largest absolute Gasteiger partial charge is 0.322 e. The van der Waals surface area contributed by atoms with Gasteiger partial charge in [-0.1, -0.05) is 48.5 Å². The van der Waals surface area contributed by atoms with Gasteiger partial charge in [0.15, 0.2) is 0 Å². The van der Waals surface area contributed by atoms with Crippen LogP contribution in [0.2, 0.25) is 0 Å². The molecular formula is C20H25N3O3S. The normalized spacial score (nSPS) is 15.5. The molecule has 1 aliphatic heterocycles. The number of urea groups is 1. The summed E-state index contributed by atoms with van der Waals surface area (Å²) in [6.45, 7) is 1.49. The number of carbonyl (C=O) groups excluding carboxylic acids is 1. The molecule has 2 aromatic carbocycles. The lowest BCUT2D eigenvalue weighted by molar-refractivity contribution is 0.184. The summed E-state index contributed by atoms with van der Waals surface area (Å²) < 4.78 is 26.6. The van der Waals surface area contributed by atoms with Crippen molar-refractivity contribution in [1.29, 1.82) is 0 Å². The quantitative estimate of drug-likeness (QED) is 0.829. The van der Waals surface area contributed by atoms with Crippen molar-refractivity contribution in [3.63, 3.8) is 0 Å². The maximum absolute atomic E-state index is 12.6. The number of piperazine rings is 1. The van der Waals surface area contributed by atoms with Crippen LogP contribution in [0.15, 0.2) is 60.7 Å². The van der Waals surface area contributed by atoms with Crippen molar-refractivity contribution in [3.05, 3.63) is 66.2 Å². The Labute approximate surface area is 160 Å². The van der Waals surface area contributed by atoms with Crippen LogP contribution in [0.3, 0.4) is 0 Å². The Hall–Kier alpha value is -2.38. The molecular weight excluding hydrogens is 362 g/mol. The van der Waals surface area contributed by atoms with Crippen molar-refractivity contribution in [1.82, 2.24) is 9.21 Å². The molecule has 1 saturated heterocycles. The fourth-order valence-corrected chi connectivity index (χ4v) is 4.61. The highest BCUT2D eigenvalue weighted by Gasteiger charge is 2.28. The molecule has 7 heteroatoms. The number of nitrogens with one attached hydrogen (secondary N) is 1. The minimum absolute atomic E-state index is 0.137. The molecule has 0 unspecified atom stereocenters. The van der Waals surface area contributed by atoms with Gasteiger partial charge >= 0.3 is 6.03 Å². The van der Waals surface area contributed by atoms with Crippen molar-refractivity contribution in [3.8, 4) is 0 Å². The van der Waals surface area contributed by atoms with Crippen molar-refractivity contribution in [2.45, 2.75) is 12.8 Å². The van der Waals surface area contributed by atoms with Crippen LogP contribution in [0.4, 0.5) is 10.5 Å². The van der Waals surface area contributed by atoms with Crippen molar-refractivity contribution < 1.29 is 13.2 Å². The summed E-state index contributed by atoms with van der Waals surface area (Å²) in [5, 5.41) is 2.84. The van der Waals surface area contributed by atoms with Gasteiger partial charge in [-0.05, 0) is 30.5 Å². The first-order valence-electron chi connectivity index (χ1n) is 9.17. The molecule has 2 amide bonds. The number of rotatable bonds is 6. The fourth-order valence-electron chi connectivity index (χ4n) is 3.13. The smallest absolute Gasteiger partial charge is 0.321 e. The molecule has 1 fully saturated rings. The predicted molar refractivity (Wildman–Crippen MR) is 107 cm³/mol. The fraction of sp³-hybridized carbons (Fsp3) is 0.350. The van der Waals surface area contributed by atoms with Gasteiger partial charge in [0.1, 0.15) is 0 Å². The van der Waals surface area contributed by atoms with E-state index < -0.39 is 10.0 Å². The number of aryl methyl sites for hydroxylation is 1. The number of para-hydroxylation sites is 1. The number of amides is 2. The average Bonchev–Trinajstić information content (AvgIpc) is 2.69. The lowest BCUT2D eigenvalue weighted by atomic mass is 10.1. The average molecular weight is 388 g/mol. The zero-order valence-electron chi connectivity index (χ0n) is 15.3. The van der Waals surface area contributed by atoms with Crippen LogP contribution in [0, 0.1) is 0 Å². The topological polar surface area (TPSA) is 69.7 Å². The first kappa shape index (κ1) is 19.4. The Kier molecular flexibility index (Phi) is 6.47. The Bertz CT molecular complexity index is 833. The van der Waals surface area contributed by atoms with E-state index in [2.05, 4.69) is 5.32 Å². The van der Waals surface area contributed by atoms with Gasteiger partial charge in [0.25, 0.3) is 0 Å². The van der Waals surface area contributed by atoms with E-state index in [4.69, 9.17) is 0 Å². The number of nitrogens with zero attached hydrogens (tertiary/aromatic N) is 2. The summed E-state index contributed by atoms with van der Waals surface area (Å²) in [6, 6.07) is 19.0. The third kappa shape index (κ3) is 5.55. The van der Waals surface area contributed by atoms with E-state index >= 15 is 0 Å². The number of hydrogen-bond donors (Lipinski definition) is 1. The molecule has 0 aromatic heterocycles. The predicted octanol–water partition coefficient (Wildman–Crippen LogP) is 2.80. The zero-order chi connectivity index (χ0) is 19.1. The van der Waals surface area contributed by atoms with E-state index in [0.29, 0.717) is 32.6 Å². The van der Waals surface area contributed by atoms with E-state index in [0.717, 1.165) is 17.7 Å². The van der Waals surface area contributed by atoms with E-state index in [-0.39, 0.29) is 11.8 Å². The third-order valence-electron chi connectivity index (χ3n) is 4.65. The number of hydrogen-bond acceptors (Lipinski definition) is 3. The maximum Gasteiger partial charge on any atom is 0.321 e. The molecule has 0 aliphatic carbocycles. The summed E-state index contributed by atoms with van der Waals surface area (Å²) in [5.41, 5.74) is 1.88. The van der Waals surface area contributed by atoms with Crippen molar-refractivity contribution in [2.24, 2.45) is 0 Å². The molecule has 6 nitrogen and oxygen atoms in total. The second-order valence-corrected chi connectivity index (χ2v) is 8.68. The van der Waals surface area contributed by atoms with Gasteiger partial charge in [-0.2, -0.15) is 4.31 Å². The summed E-state index contributed by atoms with van der Waals surface area (Å²) in [5.74, 6) is 0.137. The highest BCUT2D eigenvalue weighted by atomic mass is 32.2. The van der Waals surface area contributed by atoms with Gasteiger partial charge in [-0.25, -0.2) is 13.2 Å². The number of sulfonamides is 1. The highest BCUT2D eigenvalue weighted by Crippen LogP contribution is 2.13. The lowest BCUT2D eigenvalue weighted by Gasteiger charge is -2.34. The second kappa shape index (κ2) is 9.01. The number of carbonyl (C=O) groups is 1. The first-order valence-corrected chi connectivity index (χ1v) is 10.8. The van der Waals surface area contributed by atoms with E-state index in [1.165, 1.54) is 4.31 Å². The van der Waals surface area contributed by atoms with Gasteiger partial charge in [0, 0.05) is 31.9 Å². The molecule has 0 saturated carbocycles. The van der Waals surface area contributed by atoms with Crippen LogP contribution >= 0.6 is 0 Å². The maximum atomic E-state index is 12.6. The molecule has 27 heavy (non-hydrogen) atoms. The van der Waals surface area contributed by atoms with Crippen LogP contribution in [0.1, 0.15) is 12.0 Å². The third-order valence-corrected chi connectivity index (χ3v) is 6.61. The van der Waals surface area contributed by atoms with E-state index in [1.807, 2.05) is 60.7 Å². The summed E-state index contributed by atoms with van der Waals surface area (Å²) in [6.07, 6.45) is 1.35. The van der Waals surface area contributed by atoms with Crippen LogP contribution in [-0.2, 0) is 16.4 Å². The van der Waals surface area contributed by atoms with Crippen LogP contribution < -0.4 is 5.32 Å². The van der Waals surface area contributed by atoms with Gasteiger partial charge in [0.2, 0.25) is 10.0 Å². The first-order chi connectivity index (χ1) is 13.0. The monoisotopic (exact) mass is 387 g/mol. The minimum atomic E-state index is -3.29. The van der Waals surface area contributed by atoms with Crippen LogP contribution in [-0.4, -0.2) is 55.6 Å². The van der Waals surface area contributed by atoms with E-state index in [1.54, 1.807) is 4.90 Å². The molecule has 1 N–H and O–H groups in total. The summed E-state index contributed by atoms with van der Waals surface area (Å²) in [7, 11) is -3.29. The molecule has 144 valence electrons. The van der Waals surface area contributed by atoms with Gasteiger partial charge in [-0.15, -0.1) is 0 Å². The van der Waals surface area contributed by atoms with Gasteiger partial charge in [-0.3, -0.25) is 0 Å². The van der Waals surface area contributed by atoms with Crippen molar-refractivity contribution in [2.75, 3.05) is 37.2 Å². The molecule has 0 atom stereocenters. The summed E-state index contributed by atoms with van der Waals surface area (Å²) in [4.78, 5) is 14.0. The minimum Gasteiger partial charge on any atom is -0.322 e. The van der Waals surface area contributed by atoms with Crippen LogP contribution in [0.25, 0.3) is 0 Å². The zero-order valence-corrected chi connectivity index (χ0v) is 16.1. The molecule has 2 aromatic rings. The molecule has 0 bridgehead atoms. The highest BCUT2D eigenvalue weighted by molar-refractivity contribution is 7.89. The lowest BCUT2D eigenvalue weighted by Crippen LogP contribution is -2.52. The second-order valence-electron chi connectivity index (χ2n) is 6.59. The van der Waals surface area contributed by atoms with Crippen LogP contribution in [0.5, 0.6) is 0 Å². The number of anilines is 1. The molecule has 3 rings (SSSR count). The standard InChI is InChI=1S/C20H25N3O3S/c24-20(21-19-11-5-2-6-12-19)22-13-15-23(16-14-22)27(25,26)17-7-10-18-8-3-1-4-9-18/h1-6,8-9,11-12H,7,10,13-17H2,(H,21,24). The Morgan fingerprint density at radius 1 is 0.889 bits per heavy atom. The molecule has 0 spiro atoms. The van der Waals surface area contributed by atoms with Gasteiger partial charge in [0.05, 0.1) is 5.75 Å². The Morgan fingerprint density at radius 2 is 1.48 bits per heavy atom. The Morgan fingerprint density at radius 3 is 2.11 bits per heavy atom. The van der Waals surface area contributed by atoms with E-state index in [9.17, 15) is 13.2 Å². The number of benzene rings is 2. The van der Waals surface area contributed by atoms with Gasteiger partial charge < -0.3 is 10.2 Å².